The predicted molar refractivity (Wildman–Crippen MR) is 94.6 cm³/mol. The minimum atomic E-state index is 0.128. The van der Waals surface area contributed by atoms with E-state index in [9.17, 15) is 0 Å². The van der Waals surface area contributed by atoms with Gasteiger partial charge in [-0.05, 0) is 50.3 Å². The molecule has 1 aromatic rings. The van der Waals surface area contributed by atoms with Crippen molar-refractivity contribution in [3.8, 4) is 5.75 Å². The zero-order valence-electron chi connectivity index (χ0n) is 14.8. The Morgan fingerprint density at radius 3 is 2.78 bits per heavy atom. The van der Waals surface area contributed by atoms with Gasteiger partial charge in [0.1, 0.15) is 5.75 Å². The molecule has 0 aliphatic heterocycles. The maximum absolute atomic E-state index is 6.19. The smallest absolute Gasteiger partial charge is 0.126 e. The van der Waals surface area contributed by atoms with Gasteiger partial charge in [0.05, 0.1) is 17.9 Å². The zero-order chi connectivity index (χ0) is 16.8. The number of pyridine rings is 1. The van der Waals surface area contributed by atoms with Gasteiger partial charge in [0.15, 0.2) is 0 Å². The lowest BCUT2D eigenvalue weighted by Gasteiger charge is -2.26. The summed E-state index contributed by atoms with van der Waals surface area (Å²) in [6.07, 6.45) is 9.04. The number of aromatic nitrogens is 1. The lowest BCUT2D eigenvalue weighted by atomic mass is 9.91. The molecule has 1 aliphatic carbocycles. The van der Waals surface area contributed by atoms with Crippen LogP contribution in [0.4, 0.5) is 0 Å². The molecular formula is C19H30N2O2. The molecule has 0 bridgehead atoms. The SMILES string of the molecule is CCC1=Cc2nccc(OC(C)CCC(N)CC)c2C[C@H]1OC. The van der Waals surface area contributed by atoms with Crippen LogP contribution in [-0.2, 0) is 11.2 Å². The molecule has 1 aromatic heterocycles. The Balaban J connectivity index is 2.12. The number of fused-ring (bicyclic) bond motifs is 1. The van der Waals surface area contributed by atoms with Gasteiger partial charge in [-0.25, -0.2) is 0 Å². The Hall–Kier alpha value is -1.39. The molecule has 0 radical (unpaired) electrons. The van der Waals surface area contributed by atoms with E-state index in [-0.39, 0.29) is 18.2 Å². The van der Waals surface area contributed by atoms with Crippen LogP contribution in [0.15, 0.2) is 17.8 Å². The summed E-state index contributed by atoms with van der Waals surface area (Å²) in [6.45, 7) is 6.39. The van der Waals surface area contributed by atoms with Gasteiger partial charge in [0.25, 0.3) is 0 Å². The van der Waals surface area contributed by atoms with Crippen molar-refractivity contribution in [3.63, 3.8) is 0 Å². The highest BCUT2D eigenvalue weighted by molar-refractivity contribution is 5.60. The zero-order valence-corrected chi connectivity index (χ0v) is 14.8. The van der Waals surface area contributed by atoms with Crippen LogP contribution in [0.5, 0.6) is 5.75 Å². The van der Waals surface area contributed by atoms with Crippen molar-refractivity contribution in [1.82, 2.24) is 4.98 Å². The van der Waals surface area contributed by atoms with E-state index in [0.717, 1.165) is 49.1 Å². The summed E-state index contributed by atoms with van der Waals surface area (Å²) in [5, 5.41) is 0. The highest BCUT2D eigenvalue weighted by Crippen LogP contribution is 2.33. The summed E-state index contributed by atoms with van der Waals surface area (Å²) in [4.78, 5) is 4.51. The van der Waals surface area contributed by atoms with Gasteiger partial charge in [-0.3, -0.25) is 4.98 Å². The van der Waals surface area contributed by atoms with Crippen LogP contribution < -0.4 is 10.5 Å². The fourth-order valence-corrected chi connectivity index (χ4v) is 3.01. The van der Waals surface area contributed by atoms with E-state index in [0.29, 0.717) is 0 Å². The summed E-state index contributed by atoms with van der Waals surface area (Å²) in [6, 6.07) is 2.23. The standard InChI is InChI=1S/C19H30N2O2/c1-5-14-11-17-16(12-19(14)22-4)18(9-10-21-17)23-13(3)7-8-15(20)6-2/h9-11,13,15,19H,5-8,12,20H2,1-4H3/t13?,15?,19-/m1/s1. The summed E-state index contributed by atoms with van der Waals surface area (Å²) < 4.78 is 11.8. The molecule has 23 heavy (non-hydrogen) atoms. The number of nitrogens with two attached hydrogens (primary N) is 1. The molecule has 1 heterocycles. The van der Waals surface area contributed by atoms with E-state index < -0.39 is 0 Å². The van der Waals surface area contributed by atoms with E-state index >= 15 is 0 Å². The fourth-order valence-electron chi connectivity index (χ4n) is 3.01. The quantitative estimate of drug-likeness (QED) is 0.793. The van der Waals surface area contributed by atoms with Crippen molar-refractivity contribution >= 4 is 6.08 Å². The monoisotopic (exact) mass is 318 g/mol. The van der Waals surface area contributed by atoms with E-state index in [2.05, 4.69) is 31.8 Å². The fraction of sp³-hybridized carbons (Fsp3) is 0.632. The van der Waals surface area contributed by atoms with Crippen molar-refractivity contribution in [3.05, 3.63) is 29.1 Å². The molecule has 128 valence electrons. The molecule has 0 fully saturated rings. The molecule has 2 unspecified atom stereocenters. The molecule has 0 aromatic carbocycles. The average molecular weight is 318 g/mol. The second kappa shape index (κ2) is 8.46. The molecular weight excluding hydrogens is 288 g/mol. The number of ether oxygens (including phenoxy) is 2. The molecule has 0 saturated heterocycles. The minimum absolute atomic E-state index is 0.128. The third-order valence-electron chi connectivity index (χ3n) is 4.66. The lowest BCUT2D eigenvalue weighted by Crippen LogP contribution is -2.24. The van der Waals surface area contributed by atoms with E-state index in [1.165, 1.54) is 5.57 Å². The molecule has 2 N–H and O–H groups in total. The second-order valence-corrected chi connectivity index (χ2v) is 6.35. The Bertz CT molecular complexity index is 542. The molecule has 0 saturated carbocycles. The average Bonchev–Trinajstić information content (AvgIpc) is 2.58. The molecule has 1 aliphatic rings. The van der Waals surface area contributed by atoms with Crippen LogP contribution in [0, 0.1) is 0 Å². The molecule has 3 atom stereocenters. The largest absolute Gasteiger partial charge is 0.490 e. The van der Waals surface area contributed by atoms with Gasteiger partial charge in [-0.15, -0.1) is 0 Å². The van der Waals surface area contributed by atoms with Crippen LogP contribution in [0.2, 0.25) is 0 Å². The minimum Gasteiger partial charge on any atom is -0.490 e. The van der Waals surface area contributed by atoms with Gasteiger partial charge in [0, 0.05) is 31.3 Å². The Morgan fingerprint density at radius 1 is 1.35 bits per heavy atom. The van der Waals surface area contributed by atoms with Crippen LogP contribution in [0.1, 0.15) is 57.7 Å². The van der Waals surface area contributed by atoms with Crippen LogP contribution in [0.3, 0.4) is 0 Å². The lowest BCUT2D eigenvalue weighted by molar-refractivity contribution is 0.126. The van der Waals surface area contributed by atoms with Gasteiger partial charge in [0.2, 0.25) is 0 Å². The normalized spacial score (nSPS) is 19.7. The number of nitrogens with zero attached hydrogens (tertiary/aromatic N) is 1. The van der Waals surface area contributed by atoms with Crippen molar-refractivity contribution in [2.75, 3.05) is 7.11 Å². The summed E-state index contributed by atoms with van der Waals surface area (Å²) in [5.41, 5.74) is 9.47. The molecule has 2 rings (SSSR count). The first-order valence-electron chi connectivity index (χ1n) is 8.72. The van der Waals surface area contributed by atoms with Crippen molar-refractivity contribution in [1.29, 1.82) is 0 Å². The van der Waals surface area contributed by atoms with Gasteiger partial charge in [-0.1, -0.05) is 13.8 Å². The van der Waals surface area contributed by atoms with E-state index in [1.807, 2.05) is 12.3 Å². The first-order valence-corrected chi connectivity index (χ1v) is 8.72. The molecule has 4 heteroatoms. The van der Waals surface area contributed by atoms with Crippen molar-refractivity contribution in [2.24, 2.45) is 5.73 Å². The topological polar surface area (TPSA) is 57.4 Å². The van der Waals surface area contributed by atoms with Crippen molar-refractivity contribution in [2.45, 2.75) is 71.1 Å². The summed E-state index contributed by atoms with van der Waals surface area (Å²) in [7, 11) is 1.77. The third kappa shape index (κ3) is 4.55. The number of methoxy groups -OCH3 is 1. The summed E-state index contributed by atoms with van der Waals surface area (Å²) in [5.74, 6) is 0.932. The predicted octanol–water partition coefficient (Wildman–Crippen LogP) is 3.73. The molecule has 0 spiro atoms. The van der Waals surface area contributed by atoms with Gasteiger partial charge >= 0.3 is 0 Å². The van der Waals surface area contributed by atoms with Crippen LogP contribution in [0.25, 0.3) is 6.08 Å². The number of rotatable bonds is 8. The van der Waals surface area contributed by atoms with E-state index in [1.54, 1.807) is 7.11 Å². The van der Waals surface area contributed by atoms with Gasteiger partial charge < -0.3 is 15.2 Å². The maximum Gasteiger partial charge on any atom is 0.126 e. The van der Waals surface area contributed by atoms with Crippen LogP contribution >= 0.6 is 0 Å². The van der Waals surface area contributed by atoms with E-state index in [4.69, 9.17) is 15.2 Å². The first kappa shape index (κ1) is 18.0. The third-order valence-corrected chi connectivity index (χ3v) is 4.66. The highest BCUT2D eigenvalue weighted by atomic mass is 16.5. The maximum atomic E-state index is 6.19. The number of hydrogen-bond acceptors (Lipinski definition) is 4. The second-order valence-electron chi connectivity index (χ2n) is 6.35. The van der Waals surface area contributed by atoms with Crippen molar-refractivity contribution < 1.29 is 9.47 Å². The molecule has 4 nitrogen and oxygen atoms in total. The number of hydrogen-bond donors (Lipinski definition) is 1. The van der Waals surface area contributed by atoms with Crippen LogP contribution in [-0.4, -0.2) is 30.3 Å². The Kier molecular flexibility index (Phi) is 6.60. The summed E-state index contributed by atoms with van der Waals surface area (Å²) >= 11 is 0. The Labute approximate surface area is 140 Å². The first-order chi connectivity index (χ1) is 11.1. The highest BCUT2D eigenvalue weighted by Gasteiger charge is 2.24. The Morgan fingerprint density at radius 2 is 2.13 bits per heavy atom. The van der Waals surface area contributed by atoms with Gasteiger partial charge in [-0.2, -0.15) is 0 Å². The molecule has 0 amide bonds.